The van der Waals surface area contributed by atoms with Crippen molar-refractivity contribution >= 4 is 11.6 Å². The van der Waals surface area contributed by atoms with E-state index in [9.17, 15) is 0 Å². The van der Waals surface area contributed by atoms with E-state index >= 15 is 0 Å². The highest BCUT2D eigenvalue weighted by atomic mass is 35.5. The molecule has 0 fully saturated rings. The van der Waals surface area contributed by atoms with Gasteiger partial charge in [0.05, 0.1) is 26.4 Å². The van der Waals surface area contributed by atoms with Gasteiger partial charge in [0.15, 0.2) is 0 Å². The van der Waals surface area contributed by atoms with Crippen LogP contribution in [0.3, 0.4) is 0 Å². The molecule has 3 nitrogen and oxygen atoms in total. The van der Waals surface area contributed by atoms with Crippen molar-refractivity contribution in [1.82, 2.24) is 0 Å². The third-order valence-corrected chi connectivity index (χ3v) is 5.08. The molecule has 0 saturated carbocycles. The lowest BCUT2D eigenvalue weighted by atomic mass is 10.1. The minimum absolute atomic E-state index is 0.670. The molecule has 0 amide bonds. The Bertz CT molecular complexity index is 228. The Morgan fingerprint density at radius 3 is 1.15 bits per heavy atom. The van der Waals surface area contributed by atoms with Crippen molar-refractivity contribution in [2.45, 2.75) is 103 Å². The first-order valence-electron chi connectivity index (χ1n) is 11.7. The summed E-state index contributed by atoms with van der Waals surface area (Å²) < 4.78 is 16.7. The number of rotatable bonds is 24. The highest BCUT2D eigenvalue weighted by molar-refractivity contribution is 6.17. The fourth-order valence-electron chi connectivity index (χ4n) is 3.06. The van der Waals surface area contributed by atoms with E-state index in [1.165, 1.54) is 83.5 Å². The van der Waals surface area contributed by atoms with Gasteiger partial charge in [-0.15, -0.1) is 11.6 Å². The molecule has 0 rings (SSSR count). The van der Waals surface area contributed by atoms with Crippen LogP contribution in [-0.2, 0) is 14.2 Å². The Morgan fingerprint density at radius 2 is 0.741 bits per heavy atom. The van der Waals surface area contributed by atoms with E-state index in [4.69, 9.17) is 25.8 Å². The van der Waals surface area contributed by atoms with Crippen LogP contribution in [0.5, 0.6) is 0 Å². The summed E-state index contributed by atoms with van der Waals surface area (Å²) in [6, 6.07) is 0. The third kappa shape index (κ3) is 26.2. The summed E-state index contributed by atoms with van der Waals surface area (Å²) in [5, 5.41) is 0. The lowest BCUT2D eigenvalue weighted by Crippen LogP contribution is -2.10. The Hall–Kier alpha value is 0.170. The van der Waals surface area contributed by atoms with Gasteiger partial charge < -0.3 is 14.2 Å². The number of alkyl halides is 1. The fraction of sp³-hybridized carbons (Fsp3) is 1.00. The van der Waals surface area contributed by atoms with Crippen molar-refractivity contribution in [2.75, 3.05) is 45.5 Å². The molecule has 0 radical (unpaired) electrons. The van der Waals surface area contributed by atoms with Crippen molar-refractivity contribution in [1.29, 1.82) is 0 Å². The molecule has 164 valence electrons. The van der Waals surface area contributed by atoms with Crippen molar-refractivity contribution < 1.29 is 14.2 Å². The Balaban J connectivity index is 2.95. The molecule has 0 heterocycles. The van der Waals surface area contributed by atoms with Crippen LogP contribution in [0.2, 0.25) is 0 Å². The highest BCUT2D eigenvalue weighted by Crippen LogP contribution is 2.11. The van der Waals surface area contributed by atoms with Crippen LogP contribution < -0.4 is 0 Å². The van der Waals surface area contributed by atoms with Crippen LogP contribution in [0.4, 0.5) is 0 Å². The second-order valence-corrected chi connectivity index (χ2v) is 7.85. The molecule has 0 spiro atoms. The zero-order valence-corrected chi connectivity index (χ0v) is 18.9. The minimum atomic E-state index is 0.670. The van der Waals surface area contributed by atoms with Gasteiger partial charge in [0.25, 0.3) is 0 Å². The highest BCUT2D eigenvalue weighted by Gasteiger charge is 1.95. The van der Waals surface area contributed by atoms with Gasteiger partial charge in [0.2, 0.25) is 0 Å². The summed E-state index contributed by atoms with van der Waals surface area (Å²) in [6.07, 6.45) is 19.8. The molecule has 0 N–H and O–H groups in total. The Labute approximate surface area is 174 Å². The third-order valence-electron chi connectivity index (χ3n) is 4.81. The molecular formula is C23H47ClO3. The van der Waals surface area contributed by atoms with Gasteiger partial charge in [-0.1, -0.05) is 84.0 Å². The maximum atomic E-state index is 5.64. The summed E-state index contributed by atoms with van der Waals surface area (Å²) in [5.74, 6) is 0.774. The first kappa shape index (κ1) is 27.2. The van der Waals surface area contributed by atoms with Gasteiger partial charge in [0, 0.05) is 19.1 Å². The van der Waals surface area contributed by atoms with Crippen LogP contribution in [0.25, 0.3) is 0 Å². The van der Waals surface area contributed by atoms with Crippen LogP contribution in [-0.4, -0.2) is 45.5 Å². The molecule has 0 aromatic heterocycles. The fourth-order valence-corrected chi connectivity index (χ4v) is 3.25. The van der Waals surface area contributed by atoms with Crippen LogP contribution >= 0.6 is 11.6 Å². The van der Waals surface area contributed by atoms with Crippen molar-refractivity contribution in [3.63, 3.8) is 0 Å². The maximum Gasteiger partial charge on any atom is 0.0701 e. The Kier molecular flexibility index (Phi) is 26.3. The molecule has 0 aromatic carbocycles. The number of unbranched alkanes of at least 4 members (excludes halogenated alkanes) is 13. The van der Waals surface area contributed by atoms with E-state index in [1.807, 2.05) is 0 Å². The van der Waals surface area contributed by atoms with E-state index < -0.39 is 0 Å². The molecular weight excluding hydrogens is 360 g/mol. The molecule has 27 heavy (non-hydrogen) atoms. The topological polar surface area (TPSA) is 27.7 Å². The maximum absolute atomic E-state index is 5.64. The summed E-state index contributed by atoms with van der Waals surface area (Å²) in [6.45, 7) is 6.73. The Morgan fingerprint density at radius 1 is 0.407 bits per heavy atom. The van der Waals surface area contributed by atoms with Gasteiger partial charge in [0.1, 0.15) is 0 Å². The summed E-state index contributed by atoms with van der Waals surface area (Å²) >= 11 is 5.64. The van der Waals surface area contributed by atoms with E-state index in [2.05, 4.69) is 6.92 Å². The van der Waals surface area contributed by atoms with Crippen molar-refractivity contribution in [2.24, 2.45) is 0 Å². The van der Waals surface area contributed by atoms with E-state index in [0.717, 1.165) is 31.9 Å². The van der Waals surface area contributed by atoms with Crippen LogP contribution in [0.1, 0.15) is 103 Å². The zero-order chi connectivity index (χ0) is 19.7. The molecule has 0 aliphatic carbocycles. The van der Waals surface area contributed by atoms with Crippen LogP contribution in [0, 0.1) is 0 Å². The van der Waals surface area contributed by atoms with E-state index in [0.29, 0.717) is 26.4 Å². The largest absolute Gasteiger partial charge is 0.379 e. The number of hydrogen-bond donors (Lipinski definition) is 0. The molecule has 0 aromatic rings. The predicted molar refractivity (Wildman–Crippen MR) is 118 cm³/mol. The van der Waals surface area contributed by atoms with Gasteiger partial charge in [-0.3, -0.25) is 0 Å². The van der Waals surface area contributed by atoms with Gasteiger partial charge in [-0.05, 0) is 19.3 Å². The predicted octanol–water partition coefficient (Wildman–Crippen LogP) is 7.15. The second kappa shape index (κ2) is 26.2. The second-order valence-electron chi connectivity index (χ2n) is 7.48. The number of ether oxygens (including phenoxy) is 3. The van der Waals surface area contributed by atoms with Crippen LogP contribution in [0.15, 0.2) is 0 Å². The van der Waals surface area contributed by atoms with Crippen molar-refractivity contribution in [3.05, 3.63) is 0 Å². The average molecular weight is 407 g/mol. The summed E-state index contributed by atoms with van der Waals surface area (Å²) in [7, 11) is 0. The summed E-state index contributed by atoms with van der Waals surface area (Å²) in [5.41, 5.74) is 0. The minimum Gasteiger partial charge on any atom is -0.379 e. The van der Waals surface area contributed by atoms with Gasteiger partial charge in [-0.2, -0.15) is 0 Å². The molecule has 0 saturated heterocycles. The standard InChI is InChI=1S/C23H47ClO3/c1-2-3-4-5-6-7-8-9-10-12-15-18-25-20-22-27-23-21-26-19-16-13-11-14-17-24/h2-23H2,1H3. The van der Waals surface area contributed by atoms with E-state index in [1.54, 1.807) is 0 Å². The van der Waals surface area contributed by atoms with Gasteiger partial charge in [-0.25, -0.2) is 0 Å². The zero-order valence-electron chi connectivity index (χ0n) is 18.2. The molecule has 0 aliphatic rings. The molecule has 0 bridgehead atoms. The normalized spacial score (nSPS) is 11.3. The SMILES string of the molecule is CCCCCCCCCCCCCOCCOCCOCCCCCCCl. The molecule has 0 atom stereocenters. The number of hydrogen-bond acceptors (Lipinski definition) is 3. The van der Waals surface area contributed by atoms with Gasteiger partial charge >= 0.3 is 0 Å². The molecule has 4 heteroatoms. The first-order chi connectivity index (χ1) is 13.4. The lowest BCUT2D eigenvalue weighted by Gasteiger charge is -2.07. The molecule has 0 unspecified atom stereocenters. The molecule has 0 aliphatic heterocycles. The quantitative estimate of drug-likeness (QED) is 0.126. The smallest absolute Gasteiger partial charge is 0.0701 e. The van der Waals surface area contributed by atoms with Crippen molar-refractivity contribution in [3.8, 4) is 0 Å². The summed E-state index contributed by atoms with van der Waals surface area (Å²) in [4.78, 5) is 0. The lowest BCUT2D eigenvalue weighted by molar-refractivity contribution is 0.0132. The first-order valence-corrected chi connectivity index (χ1v) is 12.2. The monoisotopic (exact) mass is 406 g/mol. The number of halogens is 1. The van der Waals surface area contributed by atoms with E-state index in [-0.39, 0.29) is 0 Å². The average Bonchev–Trinajstić information content (AvgIpc) is 2.68.